The van der Waals surface area contributed by atoms with Crippen LogP contribution in [0.3, 0.4) is 0 Å². The summed E-state index contributed by atoms with van der Waals surface area (Å²) in [6, 6.07) is 4.01. The zero-order valence-electron chi connectivity index (χ0n) is 6.23. The Balaban J connectivity index is 2.50. The predicted octanol–water partition coefficient (Wildman–Crippen LogP) is 1.13. The van der Waals surface area contributed by atoms with Crippen LogP contribution in [-0.2, 0) is 0 Å². The van der Waals surface area contributed by atoms with Crippen molar-refractivity contribution >= 4 is 17.8 Å². The van der Waals surface area contributed by atoms with E-state index in [0.717, 1.165) is 11.0 Å². The molecule has 1 heterocycles. The fourth-order valence-corrected chi connectivity index (χ4v) is 1.43. The third-order valence-corrected chi connectivity index (χ3v) is 2.04. The summed E-state index contributed by atoms with van der Waals surface area (Å²) >= 11 is 0. The van der Waals surface area contributed by atoms with Crippen molar-refractivity contribution in [2.24, 2.45) is 15.4 Å². The van der Waals surface area contributed by atoms with Crippen molar-refractivity contribution in [1.29, 1.82) is 0 Å². The summed E-state index contributed by atoms with van der Waals surface area (Å²) < 4.78 is 0. The lowest BCUT2D eigenvalue weighted by molar-refractivity contribution is 1.08. The molecule has 0 saturated heterocycles. The minimum Gasteiger partial charge on any atom is -0.128 e. The number of fused-ring (bicyclic) bond motifs is 2. The Hall–Kier alpha value is -1.77. The van der Waals surface area contributed by atoms with Crippen LogP contribution in [0.1, 0.15) is 5.56 Å². The van der Waals surface area contributed by atoms with Crippen LogP contribution in [0.5, 0.6) is 0 Å². The van der Waals surface area contributed by atoms with Crippen molar-refractivity contribution in [1.82, 2.24) is 0 Å². The molecule has 12 heavy (non-hydrogen) atoms. The van der Waals surface area contributed by atoms with Crippen molar-refractivity contribution < 1.29 is 0 Å². The molecule has 1 aliphatic carbocycles. The van der Waals surface area contributed by atoms with Crippen molar-refractivity contribution in [2.45, 2.75) is 0 Å². The molecule has 0 radical (unpaired) electrons. The van der Waals surface area contributed by atoms with Crippen LogP contribution in [-0.4, -0.2) is 0 Å². The fraction of sp³-hybridized carbons (Fsp3) is 0. The van der Waals surface area contributed by atoms with Crippen LogP contribution in [0, 0.1) is 0 Å². The smallest absolute Gasteiger partial charge is 0.116 e. The van der Waals surface area contributed by atoms with Gasteiger partial charge in [-0.3, -0.25) is 0 Å². The first-order valence-corrected chi connectivity index (χ1v) is 3.75. The standard InChI is InChI=1S/C9H5N3/c1-2-6-4-8-9(11-12-10-8)5-7(6)3-1/h1-5H. The second-order valence-corrected chi connectivity index (χ2v) is 2.79. The zero-order chi connectivity index (χ0) is 7.97. The molecule has 1 aromatic carbocycles. The number of allylic oxidation sites excluding steroid dienone is 1. The summed E-state index contributed by atoms with van der Waals surface area (Å²) in [5.41, 5.74) is 2.07. The first-order chi connectivity index (χ1) is 5.93. The second kappa shape index (κ2) is 1.88. The van der Waals surface area contributed by atoms with Gasteiger partial charge in [-0.2, -0.15) is 0 Å². The molecule has 3 heteroatoms. The first-order valence-electron chi connectivity index (χ1n) is 3.75. The lowest BCUT2D eigenvalue weighted by atomic mass is 10.2. The van der Waals surface area contributed by atoms with E-state index >= 15 is 0 Å². The fourth-order valence-electron chi connectivity index (χ4n) is 1.43. The van der Waals surface area contributed by atoms with Crippen LogP contribution < -0.4 is 10.6 Å². The quantitative estimate of drug-likeness (QED) is 0.538. The van der Waals surface area contributed by atoms with E-state index in [4.69, 9.17) is 0 Å². The Morgan fingerprint density at radius 2 is 2.17 bits per heavy atom. The van der Waals surface area contributed by atoms with E-state index in [1.807, 2.05) is 18.2 Å². The van der Waals surface area contributed by atoms with E-state index in [2.05, 4.69) is 27.6 Å². The van der Waals surface area contributed by atoms with Gasteiger partial charge in [0.15, 0.2) is 0 Å². The monoisotopic (exact) mass is 155 g/mol. The molecule has 0 spiro atoms. The molecule has 0 bridgehead atoms. The molecule has 3 rings (SSSR count). The Labute approximate surface area is 68.4 Å². The van der Waals surface area contributed by atoms with Crippen molar-refractivity contribution in [2.75, 3.05) is 0 Å². The van der Waals surface area contributed by atoms with Gasteiger partial charge in [0.1, 0.15) is 11.0 Å². The van der Waals surface area contributed by atoms with Gasteiger partial charge in [0.2, 0.25) is 0 Å². The number of hydrogen-bond acceptors (Lipinski definition) is 3. The van der Waals surface area contributed by atoms with E-state index in [1.165, 1.54) is 10.8 Å². The average molecular weight is 155 g/mol. The second-order valence-electron chi connectivity index (χ2n) is 2.79. The van der Waals surface area contributed by atoms with E-state index in [9.17, 15) is 0 Å². The first kappa shape index (κ1) is 5.83. The largest absolute Gasteiger partial charge is 0.128 e. The molecule has 0 N–H and O–H groups in total. The van der Waals surface area contributed by atoms with Crippen LogP contribution >= 0.6 is 0 Å². The lowest BCUT2D eigenvalue weighted by Gasteiger charge is -1.90. The van der Waals surface area contributed by atoms with E-state index in [0.29, 0.717) is 0 Å². The molecule has 0 fully saturated rings. The van der Waals surface area contributed by atoms with Gasteiger partial charge in [0.25, 0.3) is 0 Å². The third-order valence-electron chi connectivity index (χ3n) is 2.04. The zero-order valence-corrected chi connectivity index (χ0v) is 6.23. The number of nitrogens with zero attached hydrogens (tertiary/aromatic N) is 3. The van der Waals surface area contributed by atoms with Crippen LogP contribution in [0.4, 0.5) is 5.69 Å². The van der Waals surface area contributed by atoms with Crippen LogP contribution in [0.15, 0.2) is 33.6 Å². The molecular formula is C9H5N3. The highest BCUT2D eigenvalue weighted by molar-refractivity contribution is 5.68. The number of benzene rings is 1. The van der Waals surface area contributed by atoms with Gasteiger partial charge in [0.05, 0.1) is 0 Å². The minimum atomic E-state index is 0.869. The molecule has 2 aliphatic rings. The summed E-state index contributed by atoms with van der Waals surface area (Å²) in [6.45, 7) is 0. The Morgan fingerprint density at radius 3 is 3.17 bits per heavy atom. The van der Waals surface area contributed by atoms with Gasteiger partial charge in [-0.05, 0) is 28.1 Å². The van der Waals surface area contributed by atoms with Gasteiger partial charge in [-0.25, -0.2) is 0 Å². The third kappa shape index (κ3) is 0.625. The van der Waals surface area contributed by atoms with E-state index in [1.54, 1.807) is 0 Å². The van der Waals surface area contributed by atoms with Gasteiger partial charge in [0, 0.05) is 0 Å². The lowest BCUT2D eigenvalue weighted by Crippen LogP contribution is -2.09. The molecule has 0 saturated carbocycles. The Morgan fingerprint density at radius 1 is 1.17 bits per heavy atom. The predicted molar refractivity (Wildman–Crippen MR) is 45.2 cm³/mol. The van der Waals surface area contributed by atoms with E-state index < -0.39 is 0 Å². The Kier molecular flexibility index (Phi) is 0.913. The number of hydrogen-bond donors (Lipinski definition) is 0. The maximum Gasteiger partial charge on any atom is 0.116 e. The summed E-state index contributed by atoms with van der Waals surface area (Å²) in [6.07, 6.45) is 6.14. The maximum absolute atomic E-state index is 3.89. The summed E-state index contributed by atoms with van der Waals surface area (Å²) in [5, 5.41) is 13.4. The van der Waals surface area contributed by atoms with Crippen molar-refractivity contribution in [3.63, 3.8) is 0 Å². The maximum atomic E-state index is 3.89. The number of rotatable bonds is 0. The molecule has 3 nitrogen and oxygen atoms in total. The minimum absolute atomic E-state index is 0.869. The van der Waals surface area contributed by atoms with E-state index in [-0.39, 0.29) is 0 Å². The molecule has 0 atom stereocenters. The molecule has 0 aromatic heterocycles. The van der Waals surface area contributed by atoms with Gasteiger partial charge in [-0.1, -0.05) is 18.2 Å². The molecule has 56 valence electrons. The SMILES string of the molecule is C1=Cc2cc3c(cc2=C1)N=NN=3. The average Bonchev–Trinajstić information content (AvgIpc) is 2.64. The highest BCUT2D eigenvalue weighted by Crippen LogP contribution is 2.10. The van der Waals surface area contributed by atoms with Gasteiger partial charge >= 0.3 is 0 Å². The molecule has 0 unspecified atom stereocenters. The summed E-state index contributed by atoms with van der Waals surface area (Å²) in [7, 11) is 0. The highest BCUT2D eigenvalue weighted by Gasteiger charge is 2.04. The summed E-state index contributed by atoms with van der Waals surface area (Å²) in [5.74, 6) is 0. The molecular weight excluding hydrogens is 150 g/mol. The summed E-state index contributed by atoms with van der Waals surface area (Å²) in [4.78, 5) is 0. The normalized spacial score (nSPS) is 15.3. The topological polar surface area (TPSA) is 37.1 Å². The van der Waals surface area contributed by atoms with Crippen LogP contribution in [0.25, 0.3) is 12.2 Å². The molecule has 1 aliphatic heterocycles. The Bertz CT molecular complexity index is 474. The molecule has 1 aromatic rings. The molecule has 0 amide bonds. The van der Waals surface area contributed by atoms with Crippen molar-refractivity contribution in [3.05, 3.63) is 34.3 Å². The van der Waals surface area contributed by atoms with Gasteiger partial charge in [-0.15, -0.1) is 10.2 Å². The highest BCUT2D eigenvalue weighted by atomic mass is 15.4. The van der Waals surface area contributed by atoms with Gasteiger partial charge < -0.3 is 0 Å². The van der Waals surface area contributed by atoms with Crippen LogP contribution in [0.2, 0.25) is 0 Å². The van der Waals surface area contributed by atoms with Crippen molar-refractivity contribution in [3.8, 4) is 0 Å².